The molecule has 4 aliphatic rings. The summed E-state index contributed by atoms with van der Waals surface area (Å²) in [6, 6.07) is 0. The molecule has 21 heavy (non-hydrogen) atoms. The Morgan fingerprint density at radius 1 is 1.10 bits per heavy atom. The molecule has 0 heterocycles. The molecular formula is C17H28N2O2. The molecular weight excluding hydrogens is 264 g/mol. The lowest BCUT2D eigenvalue weighted by molar-refractivity contribution is -0.148. The predicted octanol–water partition coefficient (Wildman–Crippen LogP) is 2.33. The summed E-state index contributed by atoms with van der Waals surface area (Å²) in [5, 5.41) is 3.15. The number of rotatable bonds is 4. The lowest BCUT2D eigenvalue weighted by Crippen LogP contribution is -2.61. The zero-order chi connectivity index (χ0) is 15.0. The fourth-order valence-electron chi connectivity index (χ4n) is 5.23. The molecule has 0 saturated heterocycles. The molecule has 0 aromatic rings. The summed E-state index contributed by atoms with van der Waals surface area (Å²) in [4.78, 5) is 26.1. The minimum atomic E-state index is -0.379. The minimum Gasteiger partial charge on any atom is -0.342 e. The molecule has 0 aliphatic heterocycles. The predicted molar refractivity (Wildman–Crippen MR) is 81.6 cm³/mol. The second kappa shape index (κ2) is 5.62. The Labute approximate surface area is 127 Å². The number of unbranched alkanes of at least 4 members (excludes halogenated alkanes) is 1. The van der Waals surface area contributed by atoms with E-state index in [0.29, 0.717) is 6.54 Å². The molecule has 0 atom stereocenters. The van der Waals surface area contributed by atoms with Gasteiger partial charge in [-0.25, -0.2) is 0 Å². The Morgan fingerprint density at radius 2 is 1.62 bits per heavy atom. The molecule has 4 heteroatoms. The van der Waals surface area contributed by atoms with Gasteiger partial charge in [-0.1, -0.05) is 13.3 Å². The monoisotopic (exact) mass is 292 g/mol. The molecule has 2 amide bonds. The van der Waals surface area contributed by atoms with Crippen molar-refractivity contribution in [3.63, 3.8) is 0 Å². The number of likely N-dealkylation sites (N-methyl/N-ethyl adjacent to an activating group) is 1. The molecule has 0 spiro atoms. The molecule has 4 bridgehead atoms. The first kappa shape index (κ1) is 14.9. The van der Waals surface area contributed by atoms with Crippen LogP contribution < -0.4 is 5.32 Å². The highest BCUT2D eigenvalue weighted by atomic mass is 16.2. The third-order valence-electron chi connectivity index (χ3n) is 5.80. The standard InChI is InChI=1S/C17H28N2O2/c1-3-4-5-19(2)16(21)15(20)18-17-9-12-6-13(10-17)8-14(7-12)11-17/h12-14H,3-11H2,1-2H3,(H,18,20). The van der Waals surface area contributed by atoms with Gasteiger partial charge in [-0.05, 0) is 62.7 Å². The minimum absolute atomic E-state index is 0.0624. The first-order valence-electron chi connectivity index (χ1n) is 8.59. The molecule has 0 radical (unpaired) electrons. The van der Waals surface area contributed by atoms with Crippen LogP contribution in [-0.2, 0) is 9.59 Å². The molecule has 0 unspecified atom stereocenters. The second-order valence-electron chi connectivity index (χ2n) is 7.73. The van der Waals surface area contributed by atoms with Crippen LogP contribution in [0.15, 0.2) is 0 Å². The van der Waals surface area contributed by atoms with E-state index >= 15 is 0 Å². The molecule has 4 nitrogen and oxygen atoms in total. The second-order valence-corrected chi connectivity index (χ2v) is 7.73. The summed E-state index contributed by atoms with van der Waals surface area (Å²) >= 11 is 0. The third-order valence-corrected chi connectivity index (χ3v) is 5.80. The number of hydrogen-bond donors (Lipinski definition) is 1. The van der Waals surface area contributed by atoms with Crippen LogP contribution in [0, 0.1) is 17.8 Å². The Kier molecular flexibility index (Phi) is 3.98. The third kappa shape index (κ3) is 2.95. The van der Waals surface area contributed by atoms with Gasteiger partial charge in [0.05, 0.1) is 0 Å². The lowest BCUT2D eigenvalue weighted by Gasteiger charge is -2.56. The van der Waals surface area contributed by atoms with Gasteiger partial charge >= 0.3 is 11.8 Å². The van der Waals surface area contributed by atoms with Gasteiger partial charge in [0.2, 0.25) is 0 Å². The van der Waals surface area contributed by atoms with E-state index in [0.717, 1.165) is 49.9 Å². The van der Waals surface area contributed by atoms with Crippen molar-refractivity contribution in [1.29, 1.82) is 0 Å². The van der Waals surface area contributed by atoms with Crippen LogP contribution in [0.2, 0.25) is 0 Å². The molecule has 4 rings (SSSR count). The topological polar surface area (TPSA) is 49.4 Å². The average molecular weight is 292 g/mol. The number of hydrogen-bond acceptors (Lipinski definition) is 2. The number of nitrogens with zero attached hydrogens (tertiary/aromatic N) is 1. The fourth-order valence-corrected chi connectivity index (χ4v) is 5.23. The van der Waals surface area contributed by atoms with E-state index in [1.54, 1.807) is 11.9 Å². The van der Waals surface area contributed by atoms with Gasteiger partial charge < -0.3 is 10.2 Å². The summed E-state index contributed by atoms with van der Waals surface area (Å²) in [5.74, 6) is 1.60. The highest BCUT2D eigenvalue weighted by molar-refractivity contribution is 6.35. The maximum Gasteiger partial charge on any atom is 0.311 e. The van der Waals surface area contributed by atoms with Crippen molar-refractivity contribution in [3.8, 4) is 0 Å². The van der Waals surface area contributed by atoms with E-state index < -0.39 is 0 Å². The van der Waals surface area contributed by atoms with E-state index in [2.05, 4.69) is 12.2 Å². The van der Waals surface area contributed by atoms with Crippen LogP contribution in [0.4, 0.5) is 0 Å². The Balaban J connectivity index is 1.61. The maximum atomic E-state index is 12.3. The van der Waals surface area contributed by atoms with Gasteiger partial charge in [0.1, 0.15) is 0 Å². The molecule has 0 aromatic heterocycles. The van der Waals surface area contributed by atoms with E-state index in [4.69, 9.17) is 0 Å². The molecule has 1 N–H and O–H groups in total. The van der Waals surface area contributed by atoms with E-state index in [1.807, 2.05) is 0 Å². The zero-order valence-corrected chi connectivity index (χ0v) is 13.4. The average Bonchev–Trinajstić information content (AvgIpc) is 2.41. The van der Waals surface area contributed by atoms with Crippen LogP contribution in [0.25, 0.3) is 0 Å². The molecule has 4 fully saturated rings. The number of carbonyl (C=O) groups excluding carboxylic acids is 2. The van der Waals surface area contributed by atoms with Crippen LogP contribution in [0.5, 0.6) is 0 Å². The van der Waals surface area contributed by atoms with Gasteiger partial charge in [-0.2, -0.15) is 0 Å². The summed E-state index contributed by atoms with van der Waals surface area (Å²) in [7, 11) is 1.73. The smallest absolute Gasteiger partial charge is 0.311 e. The summed E-state index contributed by atoms with van der Waals surface area (Å²) in [6.07, 6.45) is 9.31. The SMILES string of the molecule is CCCCN(C)C(=O)C(=O)NC12CC3CC(CC(C3)C1)C2. The summed E-state index contributed by atoms with van der Waals surface area (Å²) in [6.45, 7) is 2.76. The van der Waals surface area contributed by atoms with Crippen LogP contribution in [-0.4, -0.2) is 35.8 Å². The van der Waals surface area contributed by atoms with E-state index in [1.165, 1.54) is 19.3 Å². The Morgan fingerprint density at radius 3 is 2.10 bits per heavy atom. The Bertz CT molecular complexity index is 397. The van der Waals surface area contributed by atoms with Crippen LogP contribution >= 0.6 is 0 Å². The Hall–Kier alpha value is -1.06. The first-order chi connectivity index (χ1) is 10.0. The van der Waals surface area contributed by atoms with Crippen molar-refractivity contribution in [1.82, 2.24) is 10.2 Å². The first-order valence-corrected chi connectivity index (χ1v) is 8.59. The van der Waals surface area contributed by atoms with Crippen LogP contribution in [0.3, 0.4) is 0 Å². The van der Waals surface area contributed by atoms with Gasteiger partial charge in [0.25, 0.3) is 0 Å². The quantitative estimate of drug-likeness (QED) is 0.809. The van der Waals surface area contributed by atoms with Crippen molar-refractivity contribution in [2.75, 3.05) is 13.6 Å². The van der Waals surface area contributed by atoms with E-state index in [-0.39, 0.29) is 17.4 Å². The van der Waals surface area contributed by atoms with Gasteiger partial charge in [-0.3, -0.25) is 9.59 Å². The molecule has 4 saturated carbocycles. The fraction of sp³-hybridized carbons (Fsp3) is 0.882. The van der Waals surface area contributed by atoms with Crippen molar-refractivity contribution in [2.24, 2.45) is 17.8 Å². The molecule has 4 aliphatic carbocycles. The zero-order valence-electron chi connectivity index (χ0n) is 13.4. The van der Waals surface area contributed by atoms with Crippen LogP contribution in [0.1, 0.15) is 58.3 Å². The molecule has 118 valence electrons. The van der Waals surface area contributed by atoms with Gasteiger partial charge in [0.15, 0.2) is 0 Å². The van der Waals surface area contributed by atoms with E-state index in [9.17, 15) is 9.59 Å². The van der Waals surface area contributed by atoms with Gasteiger partial charge in [-0.15, -0.1) is 0 Å². The van der Waals surface area contributed by atoms with Crippen molar-refractivity contribution in [2.45, 2.75) is 63.8 Å². The van der Waals surface area contributed by atoms with Crippen molar-refractivity contribution < 1.29 is 9.59 Å². The number of amides is 2. The van der Waals surface area contributed by atoms with Crippen molar-refractivity contribution in [3.05, 3.63) is 0 Å². The number of carbonyl (C=O) groups is 2. The summed E-state index contributed by atoms with van der Waals surface area (Å²) in [5.41, 5.74) is -0.0624. The van der Waals surface area contributed by atoms with Crippen molar-refractivity contribution >= 4 is 11.8 Å². The maximum absolute atomic E-state index is 12.3. The molecule has 0 aromatic carbocycles. The highest BCUT2D eigenvalue weighted by Gasteiger charge is 2.51. The lowest BCUT2D eigenvalue weighted by atomic mass is 9.53. The summed E-state index contributed by atoms with van der Waals surface area (Å²) < 4.78 is 0. The number of nitrogens with one attached hydrogen (secondary N) is 1. The van der Waals surface area contributed by atoms with Gasteiger partial charge in [0, 0.05) is 19.1 Å². The largest absolute Gasteiger partial charge is 0.342 e. The normalized spacial score (nSPS) is 36.6. The highest BCUT2D eigenvalue weighted by Crippen LogP contribution is 2.55.